The van der Waals surface area contributed by atoms with Gasteiger partial charge < -0.3 is 14.4 Å². The molecule has 1 aliphatic heterocycles. The second-order valence-corrected chi connectivity index (χ2v) is 8.31. The van der Waals surface area contributed by atoms with Gasteiger partial charge >= 0.3 is 0 Å². The normalized spacial score (nSPS) is 19.4. The van der Waals surface area contributed by atoms with Crippen molar-refractivity contribution in [2.75, 3.05) is 20.8 Å². The molecule has 5 nitrogen and oxygen atoms in total. The van der Waals surface area contributed by atoms with Crippen LogP contribution >= 0.6 is 0 Å². The summed E-state index contributed by atoms with van der Waals surface area (Å²) in [7, 11) is 3.30. The van der Waals surface area contributed by atoms with Crippen molar-refractivity contribution >= 4 is 5.91 Å². The summed E-state index contributed by atoms with van der Waals surface area (Å²) >= 11 is 0. The zero-order valence-electron chi connectivity index (χ0n) is 18.7. The van der Waals surface area contributed by atoms with Crippen molar-refractivity contribution in [3.8, 4) is 11.5 Å². The van der Waals surface area contributed by atoms with Gasteiger partial charge in [-0.25, -0.2) is 0 Å². The molecule has 0 saturated heterocycles. The van der Waals surface area contributed by atoms with E-state index in [0.29, 0.717) is 0 Å². The summed E-state index contributed by atoms with van der Waals surface area (Å²) < 4.78 is 10.8. The molecule has 2 atom stereocenters. The Morgan fingerprint density at radius 1 is 1.03 bits per heavy atom. The van der Waals surface area contributed by atoms with Gasteiger partial charge in [0.15, 0.2) is 11.5 Å². The second kappa shape index (κ2) is 9.56. The zero-order valence-corrected chi connectivity index (χ0v) is 18.7. The van der Waals surface area contributed by atoms with Gasteiger partial charge in [-0.3, -0.25) is 10.1 Å². The van der Waals surface area contributed by atoms with Crippen LogP contribution in [0.15, 0.2) is 59.7 Å². The molecule has 4 rings (SSSR count). The van der Waals surface area contributed by atoms with Gasteiger partial charge in [0.25, 0.3) is 5.91 Å². The van der Waals surface area contributed by atoms with E-state index in [1.807, 2.05) is 30.3 Å². The summed E-state index contributed by atoms with van der Waals surface area (Å²) in [5, 5.41) is 3.70. The van der Waals surface area contributed by atoms with Gasteiger partial charge in [-0.15, -0.1) is 0 Å². The molecule has 2 aromatic carbocycles. The fourth-order valence-electron chi connectivity index (χ4n) is 4.82. The second-order valence-electron chi connectivity index (χ2n) is 8.31. The molecular formula is C26H32N2O3. The molecule has 1 heterocycles. The number of benzene rings is 2. The smallest absolute Gasteiger partial charge is 0.251 e. The van der Waals surface area contributed by atoms with E-state index in [2.05, 4.69) is 35.3 Å². The first-order chi connectivity index (χ1) is 15.1. The van der Waals surface area contributed by atoms with Crippen LogP contribution in [0.4, 0.5) is 0 Å². The van der Waals surface area contributed by atoms with E-state index in [9.17, 15) is 4.79 Å². The van der Waals surface area contributed by atoms with Gasteiger partial charge in [0.2, 0.25) is 0 Å². The summed E-state index contributed by atoms with van der Waals surface area (Å²) in [6.07, 6.45) is 5.00. The number of hydrogen-bond acceptors (Lipinski definition) is 4. The lowest BCUT2D eigenvalue weighted by Gasteiger charge is -2.33. The zero-order chi connectivity index (χ0) is 21.8. The highest BCUT2D eigenvalue weighted by atomic mass is 16.5. The molecule has 0 radical (unpaired) electrons. The lowest BCUT2D eigenvalue weighted by atomic mass is 9.92. The molecule has 0 bridgehead atoms. The topological polar surface area (TPSA) is 50.8 Å². The lowest BCUT2D eigenvalue weighted by Crippen LogP contribution is -2.47. The van der Waals surface area contributed by atoms with Gasteiger partial charge in [0, 0.05) is 12.1 Å². The average molecular weight is 421 g/mol. The van der Waals surface area contributed by atoms with E-state index in [0.717, 1.165) is 55.7 Å². The Bertz CT molecular complexity index is 954. The first-order valence-corrected chi connectivity index (χ1v) is 11.2. The van der Waals surface area contributed by atoms with E-state index in [1.54, 1.807) is 14.2 Å². The quantitative estimate of drug-likeness (QED) is 0.676. The minimum atomic E-state index is -0.0295. The highest BCUT2D eigenvalue weighted by molar-refractivity contribution is 5.98. The molecular weight excluding hydrogens is 388 g/mol. The van der Waals surface area contributed by atoms with Crippen molar-refractivity contribution in [3.63, 3.8) is 0 Å². The molecule has 0 aromatic heterocycles. The number of nitrogens with one attached hydrogen (secondary N) is 1. The summed E-state index contributed by atoms with van der Waals surface area (Å²) in [6, 6.07) is 16.4. The Labute approximate surface area is 185 Å². The molecule has 2 aliphatic rings. The van der Waals surface area contributed by atoms with Crippen molar-refractivity contribution in [3.05, 3.63) is 70.8 Å². The minimum Gasteiger partial charge on any atom is -0.493 e. The van der Waals surface area contributed by atoms with E-state index >= 15 is 0 Å². The molecule has 0 fully saturated rings. The van der Waals surface area contributed by atoms with Crippen molar-refractivity contribution in [2.24, 2.45) is 0 Å². The minimum absolute atomic E-state index is 0.0258. The Hall–Kier alpha value is -2.79. The Balaban J connectivity index is 1.51. The van der Waals surface area contributed by atoms with Crippen LogP contribution in [0.1, 0.15) is 49.8 Å². The van der Waals surface area contributed by atoms with Crippen molar-refractivity contribution in [2.45, 2.75) is 51.2 Å². The number of carbonyl (C=O) groups is 1. The molecule has 0 unspecified atom stereocenters. The van der Waals surface area contributed by atoms with Crippen molar-refractivity contribution in [1.29, 1.82) is 0 Å². The molecule has 1 amide bonds. The van der Waals surface area contributed by atoms with Gasteiger partial charge in [0.05, 0.1) is 20.3 Å². The summed E-state index contributed by atoms with van der Waals surface area (Å²) in [4.78, 5) is 15.4. The molecule has 31 heavy (non-hydrogen) atoms. The van der Waals surface area contributed by atoms with Gasteiger partial charge in [0.1, 0.15) is 6.17 Å². The predicted octanol–water partition coefficient (Wildman–Crippen LogP) is 4.64. The molecule has 0 saturated carbocycles. The monoisotopic (exact) mass is 420 g/mol. The number of methoxy groups -OCH3 is 2. The van der Waals surface area contributed by atoms with Crippen LogP contribution < -0.4 is 14.8 Å². The Kier molecular flexibility index (Phi) is 6.62. The number of ether oxygens (including phenoxy) is 2. The molecule has 0 spiro atoms. The van der Waals surface area contributed by atoms with Crippen LogP contribution in [-0.4, -0.2) is 37.7 Å². The fraction of sp³-hybridized carbons (Fsp3) is 0.423. The Morgan fingerprint density at radius 3 is 2.52 bits per heavy atom. The van der Waals surface area contributed by atoms with Gasteiger partial charge in [-0.1, -0.05) is 36.4 Å². The largest absolute Gasteiger partial charge is 0.493 e. The molecule has 2 aromatic rings. The molecule has 1 aliphatic carbocycles. The number of rotatable bonds is 8. The average Bonchev–Trinajstić information content (AvgIpc) is 3.10. The third kappa shape index (κ3) is 4.33. The number of nitrogens with zero attached hydrogens (tertiary/aromatic N) is 1. The summed E-state index contributed by atoms with van der Waals surface area (Å²) in [5.41, 5.74) is 4.68. The van der Waals surface area contributed by atoms with Crippen LogP contribution in [0.5, 0.6) is 11.5 Å². The van der Waals surface area contributed by atoms with E-state index in [4.69, 9.17) is 9.47 Å². The first kappa shape index (κ1) is 21.4. The summed E-state index contributed by atoms with van der Waals surface area (Å²) in [5.74, 6) is 1.68. The van der Waals surface area contributed by atoms with E-state index in [-0.39, 0.29) is 18.1 Å². The number of carbonyl (C=O) groups excluding carboxylic acids is 1. The third-order valence-electron chi connectivity index (χ3n) is 6.51. The number of amides is 1. The predicted molar refractivity (Wildman–Crippen MR) is 122 cm³/mol. The molecule has 5 heteroatoms. The summed E-state index contributed by atoms with van der Waals surface area (Å²) in [6.45, 7) is 2.91. The van der Waals surface area contributed by atoms with Crippen LogP contribution in [0.3, 0.4) is 0 Å². The maximum atomic E-state index is 13.3. The molecule has 1 N–H and O–H groups in total. The van der Waals surface area contributed by atoms with Gasteiger partial charge in [-0.2, -0.15) is 0 Å². The van der Waals surface area contributed by atoms with Crippen molar-refractivity contribution in [1.82, 2.24) is 10.2 Å². The van der Waals surface area contributed by atoms with Crippen LogP contribution in [-0.2, 0) is 11.2 Å². The van der Waals surface area contributed by atoms with Crippen LogP contribution in [0, 0.1) is 0 Å². The molecule has 164 valence electrons. The Morgan fingerprint density at radius 2 is 1.77 bits per heavy atom. The standard InChI is InChI=1S/C26H32N2O3/c1-18(20-9-5-4-6-10-20)28-25(21-11-7-8-12-22(21)26(28)29)27-16-15-19-13-14-23(30-2)24(17-19)31-3/h4-6,9-10,13-14,17-18,25,27H,7-8,11-12,15-16H2,1-3H3/t18-,25+/m0/s1. The van der Waals surface area contributed by atoms with E-state index < -0.39 is 0 Å². The highest BCUT2D eigenvalue weighted by Gasteiger charge is 2.41. The SMILES string of the molecule is COc1ccc(CCN[C@H]2C3=C(CCCC3)C(=O)N2[C@@H](C)c2ccccc2)cc1OC. The third-order valence-corrected chi connectivity index (χ3v) is 6.51. The number of hydrogen-bond donors (Lipinski definition) is 1. The maximum Gasteiger partial charge on any atom is 0.251 e. The maximum absolute atomic E-state index is 13.3. The van der Waals surface area contributed by atoms with Gasteiger partial charge in [-0.05, 0) is 67.9 Å². The van der Waals surface area contributed by atoms with Crippen LogP contribution in [0.2, 0.25) is 0 Å². The van der Waals surface area contributed by atoms with Crippen LogP contribution in [0.25, 0.3) is 0 Å². The van der Waals surface area contributed by atoms with E-state index in [1.165, 1.54) is 16.7 Å². The highest BCUT2D eigenvalue weighted by Crippen LogP contribution is 2.39. The lowest BCUT2D eigenvalue weighted by molar-refractivity contribution is -0.129. The first-order valence-electron chi connectivity index (χ1n) is 11.2. The fourth-order valence-corrected chi connectivity index (χ4v) is 4.82. The van der Waals surface area contributed by atoms with Crippen molar-refractivity contribution < 1.29 is 14.3 Å².